The van der Waals surface area contributed by atoms with E-state index in [-0.39, 0.29) is 22.9 Å². The third-order valence-corrected chi connectivity index (χ3v) is 5.42. The Bertz CT molecular complexity index is 785. The standard InChI is InChI=1S/C20H27NO6/c1-6-12-14(22)8-15(26-19(12)23)17-16(10(2)3)13(21(24)25)7-11-9-20(4,5)27-18(11)17/h7,10,12,14-15,22H,6,8-9H2,1-5H3. The van der Waals surface area contributed by atoms with E-state index in [9.17, 15) is 20.0 Å². The van der Waals surface area contributed by atoms with E-state index in [0.717, 1.165) is 5.56 Å². The molecule has 1 aromatic rings. The highest BCUT2D eigenvalue weighted by atomic mass is 16.6. The number of aliphatic hydroxyl groups excluding tert-OH is 1. The average Bonchev–Trinajstić information content (AvgIpc) is 2.85. The van der Waals surface area contributed by atoms with E-state index in [2.05, 4.69) is 0 Å². The Balaban J connectivity index is 2.19. The van der Waals surface area contributed by atoms with Gasteiger partial charge in [0.15, 0.2) is 0 Å². The largest absolute Gasteiger partial charge is 0.487 e. The van der Waals surface area contributed by atoms with Gasteiger partial charge in [-0.25, -0.2) is 0 Å². The van der Waals surface area contributed by atoms with Crippen molar-refractivity contribution in [3.05, 3.63) is 32.9 Å². The molecule has 0 amide bonds. The van der Waals surface area contributed by atoms with E-state index in [0.29, 0.717) is 29.7 Å². The number of nitro benzene ring substituents is 1. The summed E-state index contributed by atoms with van der Waals surface area (Å²) in [4.78, 5) is 23.8. The van der Waals surface area contributed by atoms with E-state index < -0.39 is 29.7 Å². The van der Waals surface area contributed by atoms with Crippen LogP contribution in [0.25, 0.3) is 0 Å². The molecule has 3 atom stereocenters. The maximum Gasteiger partial charge on any atom is 0.312 e. The van der Waals surface area contributed by atoms with E-state index >= 15 is 0 Å². The van der Waals surface area contributed by atoms with Crippen molar-refractivity contribution in [2.24, 2.45) is 5.92 Å². The Labute approximate surface area is 158 Å². The summed E-state index contributed by atoms with van der Waals surface area (Å²) in [6.45, 7) is 9.41. The lowest BCUT2D eigenvalue weighted by Gasteiger charge is -2.34. The monoisotopic (exact) mass is 377 g/mol. The minimum absolute atomic E-state index is 0.0169. The zero-order valence-corrected chi connectivity index (χ0v) is 16.4. The number of hydrogen-bond acceptors (Lipinski definition) is 6. The zero-order chi connectivity index (χ0) is 20.1. The molecular formula is C20H27NO6. The Kier molecular flexibility index (Phi) is 4.93. The summed E-state index contributed by atoms with van der Waals surface area (Å²) in [6, 6.07) is 1.58. The smallest absolute Gasteiger partial charge is 0.312 e. The number of benzene rings is 1. The Morgan fingerprint density at radius 2 is 2.07 bits per heavy atom. The van der Waals surface area contributed by atoms with Crippen LogP contribution in [-0.2, 0) is 16.0 Å². The fourth-order valence-corrected chi connectivity index (χ4v) is 4.27. The molecule has 2 aliphatic rings. The summed E-state index contributed by atoms with van der Waals surface area (Å²) in [5.41, 5.74) is 1.32. The summed E-state index contributed by atoms with van der Waals surface area (Å²) >= 11 is 0. The number of carbonyl (C=O) groups excluding carboxylic acids is 1. The van der Waals surface area contributed by atoms with Gasteiger partial charge in [-0.15, -0.1) is 0 Å². The van der Waals surface area contributed by atoms with Crippen molar-refractivity contribution < 1.29 is 24.3 Å². The number of carbonyl (C=O) groups is 1. The number of rotatable bonds is 4. The third-order valence-electron chi connectivity index (χ3n) is 5.42. The molecule has 3 rings (SSSR count). The fourth-order valence-electron chi connectivity index (χ4n) is 4.27. The highest BCUT2D eigenvalue weighted by Crippen LogP contribution is 2.50. The first-order valence-electron chi connectivity index (χ1n) is 9.47. The molecule has 0 spiro atoms. The van der Waals surface area contributed by atoms with Gasteiger partial charge < -0.3 is 14.6 Å². The van der Waals surface area contributed by atoms with Crippen molar-refractivity contribution in [1.82, 2.24) is 0 Å². The van der Waals surface area contributed by atoms with Crippen LogP contribution in [0.2, 0.25) is 0 Å². The summed E-state index contributed by atoms with van der Waals surface area (Å²) in [5, 5.41) is 22.2. The first-order chi connectivity index (χ1) is 12.6. The second-order valence-corrected chi connectivity index (χ2v) is 8.40. The molecular weight excluding hydrogens is 350 g/mol. The first-order valence-corrected chi connectivity index (χ1v) is 9.47. The van der Waals surface area contributed by atoms with Gasteiger partial charge in [0.2, 0.25) is 0 Å². The molecule has 0 saturated carbocycles. The number of fused-ring (bicyclic) bond motifs is 1. The number of nitro groups is 1. The SMILES string of the molecule is CCC1C(=O)OC(c2c3c(cc([N+](=O)[O-])c2C(C)C)CC(C)(C)O3)CC1O. The van der Waals surface area contributed by atoms with Crippen LogP contribution in [0.4, 0.5) is 5.69 Å². The van der Waals surface area contributed by atoms with Crippen molar-refractivity contribution in [2.75, 3.05) is 0 Å². The molecule has 0 aromatic heterocycles. The molecule has 2 aliphatic heterocycles. The molecule has 3 unspecified atom stereocenters. The van der Waals surface area contributed by atoms with Crippen LogP contribution in [0.1, 0.15) is 76.2 Å². The van der Waals surface area contributed by atoms with Crippen molar-refractivity contribution >= 4 is 11.7 Å². The second kappa shape index (κ2) is 6.78. The minimum atomic E-state index is -0.842. The van der Waals surface area contributed by atoms with Crippen molar-refractivity contribution in [3.8, 4) is 5.75 Å². The van der Waals surface area contributed by atoms with Crippen LogP contribution in [-0.4, -0.2) is 27.7 Å². The van der Waals surface area contributed by atoms with Gasteiger partial charge in [0.05, 0.1) is 16.9 Å². The highest BCUT2D eigenvalue weighted by molar-refractivity contribution is 5.75. The maximum atomic E-state index is 12.4. The molecule has 1 N–H and O–H groups in total. The molecule has 0 radical (unpaired) electrons. The van der Waals surface area contributed by atoms with Crippen LogP contribution >= 0.6 is 0 Å². The Hall–Kier alpha value is -2.15. The first kappa shape index (κ1) is 19.6. The molecule has 7 nitrogen and oxygen atoms in total. The summed E-state index contributed by atoms with van der Waals surface area (Å²) in [5.74, 6) is -0.631. The lowest BCUT2D eigenvalue weighted by Crippen LogP contribution is -2.38. The van der Waals surface area contributed by atoms with E-state index in [1.54, 1.807) is 6.07 Å². The quantitative estimate of drug-likeness (QED) is 0.487. The molecule has 1 aromatic carbocycles. The van der Waals surface area contributed by atoms with Gasteiger partial charge in [-0.05, 0) is 26.2 Å². The van der Waals surface area contributed by atoms with E-state index in [1.165, 1.54) is 0 Å². The van der Waals surface area contributed by atoms with Gasteiger partial charge in [-0.2, -0.15) is 0 Å². The number of hydrogen-bond donors (Lipinski definition) is 1. The molecule has 1 fully saturated rings. The van der Waals surface area contributed by atoms with Gasteiger partial charge in [-0.3, -0.25) is 14.9 Å². The number of ether oxygens (including phenoxy) is 2. The molecule has 2 heterocycles. The van der Waals surface area contributed by atoms with Gasteiger partial charge in [0.1, 0.15) is 17.5 Å². The highest BCUT2D eigenvalue weighted by Gasteiger charge is 2.44. The van der Waals surface area contributed by atoms with Gasteiger partial charge in [0, 0.05) is 35.6 Å². The molecule has 0 aliphatic carbocycles. The van der Waals surface area contributed by atoms with Crippen molar-refractivity contribution in [2.45, 2.75) is 77.6 Å². The van der Waals surface area contributed by atoms with E-state index in [1.807, 2.05) is 34.6 Å². The van der Waals surface area contributed by atoms with Crippen LogP contribution in [0.15, 0.2) is 6.07 Å². The number of cyclic esters (lactones) is 1. The topological polar surface area (TPSA) is 98.9 Å². The lowest BCUT2D eigenvalue weighted by atomic mass is 9.83. The predicted molar refractivity (Wildman–Crippen MR) is 98.8 cm³/mol. The summed E-state index contributed by atoms with van der Waals surface area (Å²) in [6.07, 6.45) is -0.363. The minimum Gasteiger partial charge on any atom is -0.487 e. The number of esters is 1. The second-order valence-electron chi connectivity index (χ2n) is 8.40. The molecule has 27 heavy (non-hydrogen) atoms. The Morgan fingerprint density at radius 3 is 2.59 bits per heavy atom. The normalized spacial score (nSPS) is 26.5. The van der Waals surface area contributed by atoms with Gasteiger partial charge >= 0.3 is 5.97 Å². The number of nitrogens with zero attached hydrogens (tertiary/aromatic N) is 1. The predicted octanol–water partition coefficient (Wildman–Crippen LogP) is 3.81. The van der Waals surface area contributed by atoms with Gasteiger partial charge in [0.25, 0.3) is 5.69 Å². The molecule has 148 valence electrons. The zero-order valence-electron chi connectivity index (χ0n) is 16.4. The van der Waals surface area contributed by atoms with Crippen LogP contribution < -0.4 is 4.74 Å². The molecule has 1 saturated heterocycles. The molecule has 0 bridgehead atoms. The van der Waals surface area contributed by atoms with Crippen molar-refractivity contribution in [1.29, 1.82) is 0 Å². The van der Waals surface area contributed by atoms with Crippen LogP contribution in [0.5, 0.6) is 5.75 Å². The third kappa shape index (κ3) is 3.40. The lowest BCUT2D eigenvalue weighted by molar-refractivity contribution is -0.385. The molecule has 7 heteroatoms. The van der Waals surface area contributed by atoms with Gasteiger partial charge in [-0.1, -0.05) is 20.8 Å². The van der Waals surface area contributed by atoms with E-state index in [4.69, 9.17) is 9.47 Å². The summed E-state index contributed by atoms with van der Waals surface area (Å²) in [7, 11) is 0. The van der Waals surface area contributed by atoms with Crippen LogP contribution in [0, 0.1) is 16.0 Å². The number of aliphatic hydroxyl groups is 1. The Morgan fingerprint density at radius 1 is 1.41 bits per heavy atom. The van der Waals surface area contributed by atoms with Crippen molar-refractivity contribution in [3.63, 3.8) is 0 Å². The summed E-state index contributed by atoms with van der Waals surface area (Å²) < 4.78 is 11.8. The van der Waals surface area contributed by atoms with Crippen LogP contribution in [0.3, 0.4) is 0 Å². The average molecular weight is 377 g/mol. The fraction of sp³-hybridized carbons (Fsp3) is 0.650. The maximum absolute atomic E-state index is 12.4.